The smallest absolute Gasteiger partial charge is 0.259 e. The first-order valence-electron chi connectivity index (χ1n) is 4.49. The van der Waals surface area contributed by atoms with Crippen LogP contribution in [0.1, 0.15) is 0 Å². The Morgan fingerprint density at radius 3 is 2.69 bits per heavy atom. The quantitative estimate of drug-likeness (QED) is 0.871. The van der Waals surface area contributed by atoms with Crippen LogP contribution in [0.5, 0.6) is 5.75 Å². The predicted molar refractivity (Wildman–Crippen MR) is 67.8 cm³/mol. The fraction of sp³-hybridized carbons (Fsp3) is 0.300. The molecule has 0 aliphatic rings. The Labute approximate surface area is 107 Å². The maximum atomic E-state index is 11.3. The van der Waals surface area contributed by atoms with Crippen LogP contribution >= 0.6 is 27.5 Å². The Bertz CT molecular complexity index is 387. The van der Waals surface area contributed by atoms with Gasteiger partial charge >= 0.3 is 0 Å². The second-order valence-corrected chi connectivity index (χ2v) is 4.67. The lowest BCUT2D eigenvalue weighted by molar-refractivity contribution is -0.130. The molecule has 1 aromatic rings. The molecule has 0 bridgehead atoms. The summed E-state index contributed by atoms with van der Waals surface area (Å²) in [7, 11) is 3.32. The van der Waals surface area contributed by atoms with Crippen LogP contribution in [-0.2, 0) is 4.79 Å². The Morgan fingerprint density at radius 1 is 1.56 bits per heavy atom. The van der Waals surface area contributed by atoms with E-state index in [2.05, 4.69) is 15.9 Å². The van der Waals surface area contributed by atoms with Crippen LogP contribution in [0.25, 0.3) is 0 Å². The number of anilines is 1. The molecule has 0 spiro atoms. The third-order valence-electron chi connectivity index (χ3n) is 1.88. The van der Waals surface area contributed by atoms with E-state index in [0.29, 0.717) is 20.9 Å². The molecule has 0 aromatic heterocycles. The summed E-state index contributed by atoms with van der Waals surface area (Å²) in [5.41, 5.74) is 6.11. The van der Waals surface area contributed by atoms with Gasteiger partial charge in [0.2, 0.25) is 0 Å². The molecule has 0 radical (unpaired) electrons. The van der Waals surface area contributed by atoms with Gasteiger partial charge in [0.25, 0.3) is 5.91 Å². The molecule has 0 aliphatic heterocycles. The Balaban J connectivity index is 2.78. The van der Waals surface area contributed by atoms with Crippen LogP contribution < -0.4 is 10.5 Å². The van der Waals surface area contributed by atoms with Crippen LogP contribution in [-0.4, -0.2) is 31.5 Å². The van der Waals surface area contributed by atoms with Crippen LogP contribution in [0, 0.1) is 0 Å². The maximum absolute atomic E-state index is 11.3. The number of nitrogens with two attached hydrogens (primary N) is 1. The van der Waals surface area contributed by atoms with Gasteiger partial charge in [-0.25, -0.2) is 0 Å². The second-order valence-electron chi connectivity index (χ2n) is 3.38. The first-order valence-corrected chi connectivity index (χ1v) is 5.66. The fourth-order valence-electron chi connectivity index (χ4n) is 0.996. The molecule has 0 fully saturated rings. The molecule has 0 saturated heterocycles. The summed E-state index contributed by atoms with van der Waals surface area (Å²) in [5, 5.41) is 0.510. The van der Waals surface area contributed by atoms with E-state index in [1.54, 1.807) is 26.2 Å². The normalized spacial score (nSPS) is 10.0. The molecule has 2 N–H and O–H groups in total. The molecule has 0 heterocycles. The lowest BCUT2D eigenvalue weighted by Gasteiger charge is -2.13. The molecule has 1 aromatic carbocycles. The van der Waals surface area contributed by atoms with Crippen molar-refractivity contribution >= 4 is 39.1 Å². The van der Waals surface area contributed by atoms with Crippen LogP contribution in [0.2, 0.25) is 5.02 Å². The summed E-state index contributed by atoms with van der Waals surface area (Å²) in [5.74, 6) is 0.292. The van der Waals surface area contributed by atoms with Gasteiger partial charge in [0.05, 0.1) is 10.2 Å². The van der Waals surface area contributed by atoms with Crippen LogP contribution in [0.15, 0.2) is 16.6 Å². The summed E-state index contributed by atoms with van der Waals surface area (Å²) in [4.78, 5) is 12.8. The van der Waals surface area contributed by atoms with Gasteiger partial charge in [-0.3, -0.25) is 4.79 Å². The number of hydrogen-bond acceptors (Lipinski definition) is 3. The van der Waals surface area contributed by atoms with Crippen LogP contribution in [0.4, 0.5) is 5.69 Å². The molecule has 88 valence electrons. The molecule has 6 heteroatoms. The lowest BCUT2D eigenvalue weighted by Crippen LogP contribution is -2.27. The van der Waals surface area contributed by atoms with Gasteiger partial charge in [-0.2, -0.15) is 0 Å². The number of nitrogens with zero attached hydrogens (tertiary/aromatic N) is 1. The molecule has 0 atom stereocenters. The van der Waals surface area contributed by atoms with Gasteiger partial charge in [0.1, 0.15) is 0 Å². The molecular weight excluding hydrogens is 295 g/mol. The molecule has 1 rings (SSSR count). The highest BCUT2D eigenvalue weighted by Crippen LogP contribution is 2.34. The molecule has 0 saturated carbocycles. The molecular formula is C10H12BrClN2O2. The summed E-state index contributed by atoms with van der Waals surface area (Å²) < 4.78 is 5.95. The van der Waals surface area contributed by atoms with Crippen LogP contribution in [0.3, 0.4) is 0 Å². The van der Waals surface area contributed by atoms with E-state index in [1.807, 2.05) is 0 Å². The Hall–Kier alpha value is -0.940. The highest BCUT2D eigenvalue weighted by Gasteiger charge is 2.11. The Morgan fingerprint density at radius 2 is 2.19 bits per heavy atom. The highest BCUT2D eigenvalue weighted by atomic mass is 79.9. The van der Waals surface area contributed by atoms with Gasteiger partial charge in [-0.1, -0.05) is 11.6 Å². The number of ether oxygens (including phenoxy) is 1. The van der Waals surface area contributed by atoms with Crippen molar-refractivity contribution in [2.24, 2.45) is 0 Å². The summed E-state index contributed by atoms with van der Waals surface area (Å²) in [6, 6.07) is 3.23. The highest BCUT2D eigenvalue weighted by molar-refractivity contribution is 9.10. The molecule has 0 unspecified atom stereocenters. The molecule has 16 heavy (non-hydrogen) atoms. The zero-order valence-electron chi connectivity index (χ0n) is 8.96. The van der Waals surface area contributed by atoms with Gasteiger partial charge < -0.3 is 15.4 Å². The topological polar surface area (TPSA) is 55.6 Å². The van der Waals surface area contributed by atoms with E-state index >= 15 is 0 Å². The number of amides is 1. The number of hydrogen-bond donors (Lipinski definition) is 1. The zero-order chi connectivity index (χ0) is 12.3. The number of likely N-dealkylation sites (N-methyl/N-ethyl adjacent to an activating group) is 1. The van der Waals surface area contributed by atoms with E-state index in [0.717, 1.165) is 0 Å². The third kappa shape index (κ3) is 3.28. The number of rotatable bonds is 3. The minimum absolute atomic E-state index is 0.0581. The second kappa shape index (κ2) is 5.41. The van der Waals surface area contributed by atoms with Gasteiger partial charge in [-0.15, -0.1) is 0 Å². The molecule has 1 amide bonds. The van der Waals surface area contributed by atoms with Gasteiger partial charge in [-0.05, 0) is 28.1 Å². The molecule has 0 aliphatic carbocycles. The first kappa shape index (κ1) is 13.1. The largest absolute Gasteiger partial charge is 0.480 e. The van der Waals surface area contributed by atoms with E-state index in [9.17, 15) is 4.79 Å². The third-order valence-corrected chi connectivity index (χ3v) is 2.68. The van der Waals surface area contributed by atoms with Gasteiger partial charge in [0.15, 0.2) is 12.4 Å². The number of nitrogen functional groups attached to an aromatic ring is 1. The first-order chi connectivity index (χ1) is 7.41. The fourth-order valence-corrected chi connectivity index (χ4v) is 1.94. The van der Waals surface area contributed by atoms with Crippen molar-refractivity contribution in [3.63, 3.8) is 0 Å². The van der Waals surface area contributed by atoms with Crippen molar-refractivity contribution in [3.05, 3.63) is 21.6 Å². The minimum Gasteiger partial charge on any atom is -0.480 e. The lowest BCUT2D eigenvalue weighted by atomic mass is 10.3. The van der Waals surface area contributed by atoms with E-state index in [1.165, 1.54) is 4.90 Å². The van der Waals surface area contributed by atoms with E-state index in [4.69, 9.17) is 22.1 Å². The average molecular weight is 308 g/mol. The predicted octanol–water partition coefficient (Wildman–Crippen LogP) is 2.15. The maximum Gasteiger partial charge on any atom is 0.259 e. The number of carbonyl (C=O) groups excluding carboxylic acids is 1. The standard InChI is InChI=1S/C10H12BrClN2O2/c1-14(2)9(15)5-16-10-7(11)3-6(12)4-8(10)13/h3-4H,5,13H2,1-2H3. The summed E-state index contributed by atoms with van der Waals surface area (Å²) in [6.07, 6.45) is 0. The van der Waals surface area contributed by atoms with Crippen molar-refractivity contribution in [3.8, 4) is 5.75 Å². The van der Waals surface area contributed by atoms with Crippen molar-refractivity contribution in [2.75, 3.05) is 26.4 Å². The van der Waals surface area contributed by atoms with Crippen molar-refractivity contribution < 1.29 is 9.53 Å². The molecule has 4 nitrogen and oxygen atoms in total. The monoisotopic (exact) mass is 306 g/mol. The van der Waals surface area contributed by atoms with Crippen molar-refractivity contribution in [2.45, 2.75) is 0 Å². The van der Waals surface area contributed by atoms with E-state index in [-0.39, 0.29) is 12.5 Å². The van der Waals surface area contributed by atoms with Crippen molar-refractivity contribution in [1.82, 2.24) is 4.90 Å². The Kier molecular flexibility index (Phi) is 4.44. The van der Waals surface area contributed by atoms with Gasteiger partial charge in [0, 0.05) is 19.1 Å². The minimum atomic E-state index is -0.138. The van der Waals surface area contributed by atoms with E-state index < -0.39 is 0 Å². The number of halogens is 2. The number of benzene rings is 1. The average Bonchev–Trinajstić information content (AvgIpc) is 2.15. The van der Waals surface area contributed by atoms with Crippen molar-refractivity contribution in [1.29, 1.82) is 0 Å². The summed E-state index contributed by atoms with van der Waals surface area (Å²) >= 11 is 9.07. The number of carbonyl (C=O) groups is 1. The summed E-state index contributed by atoms with van der Waals surface area (Å²) in [6.45, 7) is -0.0581. The zero-order valence-corrected chi connectivity index (χ0v) is 11.3. The SMILES string of the molecule is CN(C)C(=O)COc1c(N)cc(Cl)cc1Br.